The first kappa shape index (κ1) is 13.3. The van der Waals surface area contributed by atoms with E-state index in [9.17, 15) is 13.2 Å². The summed E-state index contributed by atoms with van der Waals surface area (Å²) < 4.78 is 36.0. The highest BCUT2D eigenvalue weighted by Gasteiger charge is 2.27. The summed E-state index contributed by atoms with van der Waals surface area (Å²) in [6, 6.07) is 0. The second-order valence-corrected chi connectivity index (χ2v) is 3.84. The summed E-state index contributed by atoms with van der Waals surface area (Å²) >= 11 is 11.3. The van der Waals surface area contributed by atoms with E-state index in [-0.39, 0.29) is 22.7 Å². The van der Waals surface area contributed by atoms with Crippen LogP contribution in [-0.4, -0.2) is 29.7 Å². The van der Waals surface area contributed by atoms with Crippen LogP contribution in [0.1, 0.15) is 6.42 Å². The molecule has 1 rings (SSSR count). The molecular formula is C8H8Cl2F3N3. The SMILES string of the molecule is CN(CCC(F)(F)F)c1nc(Cl)ncc1Cl. The van der Waals surface area contributed by atoms with Gasteiger partial charge in [0.25, 0.3) is 0 Å². The summed E-state index contributed by atoms with van der Waals surface area (Å²) in [6.45, 7) is -0.240. The summed E-state index contributed by atoms with van der Waals surface area (Å²) in [4.78, 5) is 8.64. The third-order valence-electron chi connectivity index (χ3n) is 1.79. The second-order valence-electron chi connectivity index (χ2n) is 3.10. The molecule has 8 heteroatoms. The van der Waals surface area contributed by atoms with Crippen LogP contribution in [0.2, 0.25) is 10.3 Å². The lowest BCUT2D eigenvalue weighted by molar-refractivity contribution is -0.132. The van der Waals surface area contributed by atoms with E-state index < -0.39 is 12.6 Å². The third kappa shape index (κ3) is 4.02. The molecule has 0 spiro atoms. The van der Waals surface area contributed by atoms with Crippen LogP contribution in [-0.2, 0) is 0 Å². The van der Waals surface area contributed by atoms with Crippen molar-refractivity contribution in [3.63, 3.8) is 0 Å². The highest BCUT2D eigenvalue weighted by Crippen LogP contribution is 2.25. The summed E-state index contributed by atoms with van der Waals surface area (Å²) in [6.07, 6.45) is -3.91. The maximum absolute atomic E-state index is 12.0. The monoisotopic (exact) mass is 273 g/mol. The van der Waals surface area contributed by atoms with Gasteiger partial charge in [0.1, 0.15) is 5.02 Å². The summed E-state index contributed by atoms with van der Waals surface area (Å²) in [5.41, 5.74) is 0. The van der Waals surface area contributed by atoms with E-state index in [1.807, 2.05) is 0 Å². The lowest BCUT2D eigenvalue weighted by Crippen LogP contribution is -2.25. The van der Waals surface area contributed by atoms with Gasteiger partial charge in [0.2, 0.25) is 5.28 Å². The Labute approximate surface area is 100 Å². The smallest absolute Gasteiger partial charge is 0.358 e. The van der Waals surface area contributed by atoms with Crippen molar-refractivity contribution < 1.29 is 13.2 Å². The molecule has 0 bridgehead atoms. The van der Waals surface area contributed by atoms with E-state index in [1.165, 1.54) is 18.1 Å². The van der Waals surface area contributed by atoms with Crippen molar-refractivity contribution in [2.75, 3.05) is 18.5 Å². The molecular weight excluding hydrogens is 266 g/mol. The number of rotatable bonds is 3. The van der Waals surface area contributed by atoms with Crippen LogP contribution in [0.15, 0.2) is 6.20 Å². The zero-order chi connectivity index (χ0) is 12.3. The molecule has 0 fully saturated rings. The molecule has 0 saturated heterocycles. The molecule has 0 unspecified atom stereocenters. The molecule has 0 aliphatic rings. The minimum absolute atomic E-state index is 0.0572. The van der Waals surface area contributed by atoms with Crippen LogP contribution in [0.3, 0.4) is 0 Å². The Kier molecular flexibility index (Phi) is 4.21. The minimum Gasteiger partial charge on any atom is -0.358 e. The number of aromatic nitrogens is 2. The second kappa shape index (κ2) is 5.05. The van der Waals surface area contributed by atoms with Gasteiger partial charge in [-0.2, -0.15) is 18.2 Å². The molecule has 1 heterocycles. The van der Waals surface area contributed by atoms with Gasteiger partial charge in [-0.15, -0.1) is 0 Å². The molecule has 3 nitrogen and oxygen atoms in total. The van der Waals surface area contributed by atoms with Crippen molar-refractivity contribution in [2.45, 2.75) is 12.6 Å². The van der Waals surface area contributed by atoms with Gasteiger partial charge in [-0.3, -0.25) is 0 Å². The first-order chi connectivity index (χ1) is 7.29. The molecule has 0 aliphatic heterocycles. The fourth-order valence-electron chi connectivity index (χ4n) is 1.01. The van der Waals surface area contributed by atoms with Crippen molar-refractivity contribution in [1.82, 2.24) is 9.97 Å². The Morgan fingerprint density at radius 2 is 2.00 bits per heavy atom. The van der Waals surface area contributed by atoms with Crippen LogP contribution < -0.4 is 4.90 Å². The largest absolute Gasteiger partial charge is 0.390 e. The summed E-state index contributed by atoms with van der Waals surface area (Å²) in [5, 5.41) is 0.104. The van der Waals surface area contributed by atoms with E-state index in [0.717, 1.165) is 0 Å². The lowest BCUT2D eigenvalue weighted by Gasteiger charge is -2.19. The fraction of sp³-hybridized carbons (Fsp3) is 0.500. The number of hydrogen-bond acceptors (Lipinski definition) is 3. The Morgan fingerprint density at radius 1 is 1.38 bits per heavy atom. The molecule has 1 aromatic heterocycles. The highest BCUT2D eigenvalue weighted by molar-refractivity contribution is 6.33. The van der Waals surface area contributed by atoms with E-state index >= 15 is 0 Å². The molecule has 0 aromatic carbocycles. The lowest BCUT2D eigenvalue weighted by atomic mass is 10.4. The van der Waals surface area contributed by atoms with Crippen LogP contribution in [0.25, 0.3) is 0 Å². The van der Waals surface area contributed by atoms with Crippen LogP contribution >= 0.6 is 23.2 Å². The van der Waals surface area contributed by atoms with Crippen LogP contribution in [0, 0.1) is 0 Å². The molecule has 1 aromatic rings. The molecule has 0 amide bonds. The molecule has 90 valence electrons. The Morgan fingerprint density at radius 3 is 2.56 bits per heavy atom. The zero-order valence-electron chi connectivity index (χ0n) is 8.22. The molecule has 0 aliphatic carbocycles. The van der Waals surface area contributed by atoms with E-state index in [0.29, 0.717) is 0 Å². The average molecular weight is 274 g/mol. The quantitative estimate of drug-likeness (QED) is 0.793. The summed E-state index contributed by atoms with van der Waals surface area (Å²) in [5.74, 6) is 0.186. The van der Waals surface area contributed by atoms with Crippen molar-refractivity contribution in [3.05, 3.63) is 16.5 Å². The first-order valence-electron chi connectivity index (χ1n) is 4.25. The molecule has 0 saturated carbocycles. The first-order valence-corrected chi connectivity index (χ1v) is 5.01. The topological polar surface area (TPSA) is 29.0 Å². The Bertz CT molecular complexity index is 370. The van der Waals surface area contributed by atoms with Gasteiger partial charge in [-0.05, 0) is 11.6 Å². The van der Waals surface area contributed by atoms with Gasteiger partial charge < -0.3 is 4.90 Å². The summed E-state index contributed by atoms with van der Waals surface area (Å²) in [7, 11) is 1.45. The predicted octanol–water partition coefficient (Wildman–Crippen LogP) is 3.17. The number of nitrogens with zero attached hydrogens (tertiary/aromatic N) is 3. The molecule has 0 N–H and O–H groups in total. The van der Waals surface area contributed by atoms with Crippen LogP contribution in [0.5, 0.6) is 0 Å². The van der Waals surface area contributed by atoms with Crippen LogP contribution in [0.4, 0.5) is 19.0 Å². The number of hydrogen-bond donors (Lipinski definition) is 0. The third-order valence-corrected chi connectivity index (χ3v) is 2.24. The predicted molar refractivity (Wildman–Crippen MR) is 56.0 cm³/mol. The van der Waals surface area contributed by atoms with Gasteiger partial charge in [0, 0.05) is 13.6 Å². The number of alkyl halides is 3. The van der Waals surface area contributed by atoms with E-state index in [2.05, 4.69) is 9.97 Å². The molecule has 0 atom stereocenters. The van der Waals surface area contributed by atoms with Gasteiger partial charge in [0.05, 0.1) is 12.6 Å². The number of anilines is 1. The van der Waals surface area contributed by atoms with E-state index in [4.69, 9.17) is 23.2 Å². The van der Waals surface area contributed by atoms with Crippen molar-refractivity contribution >= 4 is 29.0 Å². The van der Waals surface area contributed by atoms with Gasteiger partial charge in [-0.25, -0.2) is 4.98 Å². The Balaban J connectivity index is 2.73. The normalized spacial score (nSPS) is 11.6. The van der Waals surface area contributed by atoms with Gasteiger partial charge in [0.15, 0.2) is 5.82 Å². The van der Waals surface area contributed by atoms with Crippen molar-refractivity contribution in [3.8, 4) is 0 Å². The average Bonchev–Trinajstić information content (AvgIpc) is 2.17. The molecule has 16 heavy (non-hydrogen) atoms. The number of halogens is 5. The van der Waals surface area contributed by atoms with E-state index in [1.54, 1.807) is 0 Å². The van der Waals surface area contributed by atoms with Crippen molar-refractivity contribution in [2.24, 2.45) is 0 Å². The minimum atomic E-state index is -4.21. The van der Waals surface area contributed by atoms with Gasteiger partial charge >= 0.3 is 6.18 Å². The molecule has 0 radical (unpaired) electrons. The standard InChI is InChI=1S/C8H8Cl2F3N3/c1-16(3-2-8(11,12)13)6-5(9)4-14-7(10)15-6/h4H,2-3H2,1H3. The zero-order valence-corrected chi connectivity index (χ0v) is 9.73. The Hall–Kier alpha value is -0.750. The van der Waals surface area contributed by atoms with Gasteiger partial charge in [-0.1, -0.05) is 11.6 Å². The highest BCUT2D eigenvalue weighted by atomic mass is 35.5. The van der Waals surface area contributed by atoms with Crippen molar-refractivity contribution in [1.29, 1.82) is 0 Å². The maximum atomic E-state index is 12.0. The fourth-order valence-corrected chi connectivity index (χ4v) is 1.37. The maximum Gasteiger partial charge on any atom is 0.390 e.